The lowest BCUT2D eigenvalue weighted by Crippen LogP contribution is -2.57. The second kappa shape index (κ2) is 7.28. The zero-order valence-electron chi connectivity index (χ0n) is 15.0. The van der Waals surface area contributed by atoms with E-state index in [0.29, 0.717) is 0 Å². The minimum Gasteiger partial charge on any atom is -0.322 e. The van der Waals surface area contributed by atoms with Crippen molar-refractivity contribution < 1.29 is 48.2 Å². The molecular formula is C19H3B2F11. The van der Waals surface area contributed by atoms with E-state index in [9.17, 15) is 43.9 Å². The highest BCUT2D eigenvalue weighted by atomic mass is 19.2. The Balaban J connectivity index is 2.25. The van der Waals surface area contributed by atoms with Crippen molar-refractivity contribution in [1.82, 2.24) is 0 Å². The van der Waals surface area contributed by atoms with Gasteiger partial charge in [0, 0.05) is 34.1 Å². The molecule has 162 valence electrons. The van der Waals surface area contributed by atoms with E-state index < -0.39 is 104 Å². The van der Waals surface area contributed by atoms with E-state index >= 15 is 4.32 Å². The first-order chi connectivity index (χ1) is 14.9. The Kier molecular flexibility index (Phi) is 5.05. The third kappa shape index (κ3) is 2.79. The van der Waals surface area contributed by atoms with Gasteiger partial charge in [0.15, 0.2) is 52.4 Å². The molecular weight excluding hydrogens is 459 g/mol. The largest absolute Gasteiger partial charge is 0.416 e. The molecule has 1 atom stereocenters. The highest BCUT2D eigenvalue weighted by molar-refractivity contribution is 6.83. The Bertz CT molecular complexity index is 1320. The van der Waals surface area contributed by atoms with E-state index in [1.165, 1.54) is 0 Å². The number of hydrogen-bond donors (Lipinski definition) is 0. The van der Waals surface area contributed by atoms with Crippen LogP contribution in [0.25, 0.3) is 0 Å². The number of hydrogen-bond acceptors (Lipinski definition) is 0. The average Bonchev–Trinajstić information content (AvgIpc) is 2.75. The van der Waals surface area contributed by atoms with Crippen LogP contribution in [0.4, 0.5) is 48.2 Å². The molecule has 1 aliphatic heterocycles. The second-order valence-electron chi connectivity index (χ2n) is 6.85. The van der Waals surface area contributed by atoms with Gasteiger partial charge in [0.25, 0.3) is 0 Å². The molecule has 1 unspecified atom stereocenters. The van der Waals surface area contributed by atoms with Crippen molar-refractivity contribution in [2.45, 2.75) is 5.92 Å². The molecule has 0 bridgehead atoms. The second-order valence-corrected chi connectivity index (χ2v) is 6.85. The molecule has 3 aromatic carbocycles. The van der Waals surface area contributed by atoms with Gasteiger partial charge in [-0.05, 0) is 11.5 Å². The molecule has 32 heavy (non-hydrogen) atoms. The van der Waals surface area contributed by atoms with E-state index in [2.05, 4.69) is 0 Å². The van der Waals surface area contributed by atoms with Crippen molar-refractivity contribution in [1.29, 1.82) is 0 Å². The van der Waals surface area contributed by atoms with Crippen LogP contribution in [-0.2, 0) is 0 Å². The molecule has 1 heterocycles. The van der Waals surface area contributed by atoms with Gasteiger partial charge >= 0.3 is 6.99 Å². The summed E-state index contributed by atoms with van der Waals surface area (Å²) in [5, 5.41) is 0. The van der Waals surface area contributed by atoms with Crippen LogP contribution in [0.1, 0.15) is 22.6 Å². The lowest BCUT2D eigenvalue weighted by molar-refractivity contribution is 0.401. The maximum absolute atomic E-state index is 15.1. The van der Waals surface area contributed by atoms with E-state index in [1.807, 2.05) is 0 Å². The summed E-state index contributed by atoms with van der Waals surface area (Å²) in [6.45, 7) is -3.09. The fraction of sp³-hybridized carbons (Fsp3) is 0.0526. The molecule has 2 radical (unpaired) electrons. The fourth-order valence-corrected chi connectivity index (χ4v) is 3.84. The van der Waals surface area contributed by atoms with Gasteiger partial charge in [0.05, 0.1) is 0 Å². The molecule has 0 saturated heterocycles. The standard InChI is InChI=1S/C19H3B2F11/c20-10-11-9(16(28)19(31)17(10)29)7(3-1-5(23)15(27)18(30)13(3)25)8-4(22)2-6(24)14(26)12(8)21(11)32/h1-2,7H. The van der Waals surface area contributed by atoms with Gasteiger partial charge < -0.3 is 4.32 Å². The van der Waals surface area contributed by atoms with Gasteiger partial charge in [-0.25, -0.2) is 43.9 Å². The number of benzene rings is 3. The molecule has 0 aliphatic carbocycles. The van der Waals surface area contributed by atoms with E-state index in [-0.39, 0.29) is 12.1 Å². The first-order valence-electron chi connectivity index (χ1n) is 8.49. The third-order valence-corrected chi connectivity index (χ3v) is 5.21. The maximum atomic E-state index is 15.1. The Labute approximate surface area is 173 Å². The van der Waals surface area contributed by atoms with Crippen LogP contribution in [0.2, 0.25) is 0 Å². The zero-order chi connectivity index (χ0) is 23.8. The van der Waals surface area contributed by atoms with Crippen LogP contribution in [0.3, 0.4) is 0 Å². The molecule has 0 aromatic heterocycles. The van der Waals surface area contributed by atoms with Crippen LogP contribution in [0, 0.1) is 58.2 Å². The van der Waals surface area contributed by atoms with Crippen LogP contribution >= 0.6 is 0 Å². The molecule has 0 fully saturated rings. The number of rotatable bonds is 1. The number of halogens is 11. The summed E-state index contributed by atoms with van der Waals surface area (Å²) in [7, 11) is 5.28. The van der Waals surface area contributed by atoms with E-state index in [0.717, 1.165) is 0 Å². The summed E-state index contributed by atoms with van der Waals surface area (Å²) in [6.07, 6.45) is 0. The lowest BCUT2D eigenvalue weighted by Gasteiger charge is -2.32. The molecule has 13 heteroatoms. The summed E-state index contributed by atoms with van der Waals surface area (Å²) in [6, 6.07) is -0.254. The summed E-state index contributed by atoms with van der Waals surface area (Å²) in [4.78, 5) is 0. The topological polar surface area (TPSA) is 0 Å². The molecule has 0 nitrogen and oxygen atoms in total. The highest BCUT2D eigenvalue weighted by Crippen LogP contribution is 2.40. The minimum absolute atomic E-state index is 0.0951. The maximum Gasteiger partial charge on any atom is 0.416 e. The minimum atomic E-state index is -3.09. The molecule has 0 spiro atoms. The van der Waals surface area contributed by atoms with Gasteiger partial charge in [-0.3, -0.25) is 0 Å². The fourth-order valence-electron chi connectivity index (χ4n) is 3.84. The Morgan fingerprint density at radius 2 is 1.12 bits per heavy atom. The number of fused-ring (bicyclic) bond motifs is 2. The van der Waals surface area contributed by atoms with Crippen LogP contribution < -0.4 is 16.4 Å². The average molecular weight is 462 g/mol. The van der Waals surface area contributed by atoms with Crippen molar-refractivity contribution >= 4 is 31.2 Å². The molecule has 0 N–H and O–H groups in total. The SMILES string of the molecule is [B]c1c(F)c(F)c(F)c2c1B(F)c1c(F)c(F)cc(F)c1C2c1cc(F)c(F)c(F)c1F. The molecule has 0 saturated carbocycles. The molecule has 0 amide bonds. The Morgan fingerprint density at radius 1 is 0.562 bits per heavy atom. The van der Waals surface area contributed by atoms with Gasteiger partial charge in [0.2, 0.25) is 0 Å². The van der Waals surface area contributed by atoms with E-state index in [4.69, 9.17) is 7.85 Å². The van der Waals surface area contributed by atoms with Crippen molar-refractivity contribution in [2.24, 2.45) is 0 Å². The van der Waals surface area contributed by atoms with Gasteiger partial charge in [-0.2, -0.15) is 0 Å². The van der Waals surface area contributed by atoms with E-state index in [1.54, 1.807) is 0 Å². The predicted molar refractivity (Wildman–Crippen MR) is 91.4 cm³/mol. The van der Waals surface area contributed by atoms with Crippen molar-refractivity contribution in [3.05, 3.63) is 87.0 Å². The summed E-state index contributed by atoms with van der Waals surface area (Å²) >= 11 is 0. The predicted octanol–water partition coefficient (Wildman–Crippen LogP) is 3.44. The van der Waals surface area contributed by atoms with Gasteiger partial charge in [-0.15, -0.1) is 0 Å². The van der Waals surface area contributed by atoms with Gasteiger partial charge in [-0.1, -0.05) is 5.46 Å². The van der Waals surface area contributed by atoms with Crippen molar-refractivity contribution in [3.8, 4) is 0 Å². The molecule has 4 rings (SSSR count). The lowest BCUT2D eigenvalue weighted by atomic mass is 9.46. The summed E-state index contributed by atoms with van der Waals surface area (Å²) in [5.41, 5.74) is -8.65. The van der Waals surface area contributed by atoms with Gasteiger partial charge in [0.1, 0.15) is 13.7 Å². The first kappa shape index (κ1) is 22.2. The molecule has 1 aliphatic rings. The monoisotopic (exact) mass is 462 g/mol. The smallest absolute Gasteiger partial charge is 0.322 e. The van der Waals surface area contributed by atoms with Crippen LogP contribution in [-0.4, -0.2) is 14.8 Å². The normalized spacial score (nSPS) is 15.1. The zero-order valence-corrected chi connectivity index (χ0v) is 15.0. The van der Waals surface area contributed by atoms with Crippen LogP contribution in [0.5, 0.6) is 0 Å². The van der Waals surface area contributed by atoms with Crippen molar-refractivity contribution in [3.63, 3.8) is 0 Å². The third-order valence-electron chi connectivity index (χ3n) is 5.21. The Morgan fingerprint density at radius 3 is 1.75 bits per heavy atom. The Hall–Kier alpha value is -2.98. The summed E-state index contributed by atoms with van der Waals surface area (Å²) < 4.78 is 156. The van der Waals surface area contributed by atoms with Crippen LogP contribution in [0.15, 0.2) is 12.1 Å². The van der Waals surface area contributed by atoms with Crippen molar-refractivity contribution in [2.75, 3.05) is 0 Å². The molecule has 3 aromatic rings. The quantitative estimate of drug-likeness (QED) is 0.225. The highest BCUT2D eigenvalue weighted by Gasteiger charge is 2.47. The summed E-state index contributed by atoms with van der Waals surface area (Å²) in [5.74, 6) is -24.4. The first-order valence-corrected chi connectivity index (χ1v) is 8.49.